The molecule has 0 bridgehead atoms. The van der Waals surface area contributed by atoms with Gasteiger partial charge in [0.05, 0.1) is 17.1 Å². The molecule has 1 aromatic carbocycles. The molecule has 2 heterocycles. The van der Waals surface area contributed by atoms with Crippen LogP contribution in [0.3, 0.4) is 0 Å². The molecule has 0 amide bonds. The summed E-state index contributed by atoms with van der Waals surface area (Å²) in [5.41, 5.74) is 3.70. The minimum atomic E-state index is 0.00509. The quantitative estimate of drug-likeness (QED) is 0.640. The standard InChI is InChI=1S/C13H12BrN3O/c1-7-4-9-11(10(14)5-7)17-12(8(2)6-15-17)16(3)13(9)18/h4-6H,1-3H3. The predicted octanol–water partition coefficient (Wildman–Crippen LogP) is 2.57. The van der Waals surface area contributed by atoms with Crippen LogP contribution in [0.25, 0.3) is 16.6 Å². The average molecular weight is 306 g/mol. The third kappa shape index (κ3) is 1.37. The number of hydrogen-bond acceptors (Lipinski definition) is 2. The van der Waals surface area contributed by atoms with Crippen molar-refractivity contribution in [2.24, 2.45) is 7.05 Å². The van der Waals surface area contributed by atoms with Crippen molar-refractivity contribution >= 4 is 32.5 Å². The minimum Gasteiger partial charge on any atom is -0.295 e. The fourth-order valence-electron chi connectivity index (χ4n) is 2.38. The summed E-state index contributed by atoms with van der Waals surface area (Å²) < 4.78 is 4.36. The Bertz CT molecular complexity index is 845. The van der Waals surface area contributed by atoms with Crippen LogP contribution >= 0.6 is 15.9 Å². The van der Waals surface area contributed by atoms with Gasteiger partial charge in [0.1, 0.15) is 5.65 Å². The molecule has 0 aliphatic rings. The second-order valence-corrected chi connectivity index (χ2v) is 5.42. The maximum absolute atomic E-state index is 12.4. The molecule has 3 rings (SSSR count). The van der Waals surface area contributed by atoms with Crippen LogP contribution in [0.2, 0.25) is 0 Å². The SMILES string of the molecule is Cc1cc(Br)c2c(c1)c(=O)n(C)c1c(C)cnn21. The number of aryl methyl sites for hydroxylation is 3. The fourth-order valence-corrected chi connectivity index (χ4v) is 3.13. The van der Waals surface area contributed by atoms with Crippen LogP contribution in [-0.4, -0.2) is 14.2 Å². The number of rotatable bonds is 0. The number of fused-ring (bicyclic) bond motifs is 3. The highest BCUT2D eigenvalue weighted by atomic mass is 79.9. The zero-order valence-electron chi connectivity index (χ0n) is 10.4. The maximum atomic E-state index is 12.4. The highest BCUT2D eigenvalue weighted by Gasteiger charge is 2.14. The van der Waals surface area contributed by atoms with Crippen molar-refractivity contribution in [3.8, 4) is 0 Å². The van der Waals surface area contributed by atoms with Crippen molar-refractivity contribution in [1.82, 2.24) is 14.2 Å². The van der Waals surface area contributed by atoms with Gasteiger partial charge in [-0.05, 0) is 47.5 Å². The second-order valence-electron chi connectivity index (χ2n) is 4.57. The third-order valence-corrected chi connectivity index (χ3v) is 3.80. The van der Waals surface area contributed by atoms with Crippen molar-refractivity contribution in [1.29, 1.82) is 0 Å². The molecule has 0 radical (unpaired) electrons. The summed E-state index contributed by atoms with van der Waals surface area (Å²) in [6, 6.07) is 3.90. The van der Waals surface area contributed by atoms with Crippen molar-refractivity contribution in [3.05, 3.63) is 44.3 Å². The molecule has 0 atom stereocenters. The van der Waals surface area contributed by atoms with Gasteiger partial charge in [-0.15, -0.1) is 0 Å². The molecule has 0 saturated heterocycles. The van der Waals surface area contributed by atoms with Crippen LogP contribution in [0.15, 0.2) is 27.6 Å². The Morgan fingerprint density at radius 3 is 2.72 bits per heavy atom. The zero-order chi connectivity index (χ0) is 13.0. The first-order valence-electron chi connectivity index (χ1n) is 5.64. The molecule has 0 aliphatic heterocycles. The summed E-state index contributed by atoms with van der Waals surface area (Å²) in [6.45, 7) is 3.93. The van der Waals surface area contributed by atoms with E-state index in [0.717, 1.165) is 26.8 Å². The molecule has 3 aromatic rings. The van der Waals surface area contributed by atoms with Gasteiger partial charge in [0.2, 0.25) is 0 Å². The molecule has 2 aromatic heterocycles. The highest BCUT2D eigenvalue weighted by molar-refractivity contribution is 9.10. The van der Waals surface area contributed by atoms with Crippen LogP contribution in [0.4, 0.5) is 0 Å². The van der Waals surface area contributed by atoms with Gasteiger partial charge < -0.3 is 0 Å². The lowest BCUT2D eigenvalue weighted by atomic mass is 10.1. The van der Waals surface area contributed by atoms with E-state index in [1.807, 2.05) is 30.5 Å². The monoisotopic (exact) mass is 305 g/mol. The van der Waals surface area contributed by atoms with Crippen LogP contribution in [-0.2, 0) is 7.05 Å². The summed E-state index contributed by atoms with van der Waals surface area (Å²) >= 11 is 3.53. The van der Waals surface area contributed by atoms with Crippen LogP contribution < -0.4 is 5.56 Å². The van der Waals surface area contributed by atoms with Gasteiger partial charge in [0.25, 0.3) is 5.56 Å². The van der Waals surface area contributed by atoms with Gasteiger partial charge in [-0.3, -0.25) is 9.36 Å². The first-order chi connectivity index (χ1) is 8.50. The normalized spacial score (nSPS) is 11.6. The van der Waals surface area contributed by atoms with E-state index in [4.69, 9.17) is 0 Å². The van der Waals surface area contributed by atoms with E-state index >= 15 is 0 Å². The summed E-state index contributed by atoms with van der Waals surface area (Å²) in [4.78, 5) is 12.4. The second kappa shape index (κ2) is 3.68. The first-order valence-corrected chi connectivity index (χ1v) is 6.43. The van der Waals surface area contributed by atoms with Gasteiger partial charge >= 0.3 is 0 Å². The van der Waals surface area contributed by atoms with E-state index in [1.165, 1.54) is 0 Å². The molecule has 0 spiro atoms. The number of halogens is 1. The Labute approximate surface area is 112 Å². The lowest BCUT2D eigenvalue weighted by molar-refractivity contribution is 0.846. The van der Waals surface area contributed by atoms with Crippen molar-refractivity contribution in [3.63, 3.8) is 0 Å². The van der Waals surface area contributed by atoms with E-state index in [1.54, 1.807) is 17.8 Å². The zero-order valence-corrected chi connectivity index (χ0v) is 11.9. The predicted molar refractivity (Wildman–Crippen MR) is 75.1 cm³/mol. The van der Waals surface area contributed by atoms with E-state index in [0.29, 0.717) is 5.39 Å². The molecular formula is C13H12BrN3O. The van der Waals surface area contributed by atoms with Gasteiger partial charge in [-0.2, -0.15) is 5.10 Å². The van der Waals surface area contributed by atoms with E-state index < -0.39 is 0 Å². The van der Waals surface area contributed by atoms with Gasteiger partial charge in [-0.25, -0.2) is 4.52 Å². The lowest BCUT2D eigenvalue weighted by Gasteiger charge is -2.09. The summed E-state index contributed by atoms with van der Waals surface area (Å²) in [7, 11) is 1.78. The Morgan fingerprint density at radius 2 is 2.00 bits per heavy atom. The molecule has 18 heavy (non-hydrogen) atoms. The van der Waals surface area contributed by atoms with Gasteiger partial charge in [0.15, 0.2) is 0 Å². The van der Waals surface area contributed by atoms with Crippen molar-refractivity contribution < 1.29 is 0 Å². The van der Waals surface area contributed by atoms with Crippen LogP contribution in [0.5, 0.6) is 0 Å². The molecule has 92 valence electrons. The Balaban J connectivity index is 2.75. The largest absolute Gasteiger partial charge is 0.295 e. The highest BCUT2D eigenvalue weighted by Crippen LogP contribution is 2.25. The van der Waals surface area contributed by atoms with E-state index in [2.05, 4.69) is 21.0 Å². The average Bonchev–Trinajstić information content (AvgIpc) is 2.67. The molecule has 0 saturated carbocycles. The van der Waals surface area contributed by atoms with Crippen molar-refractivity contribution in [2.75, 3.05) is 0 Å². The fraction of sp³-hybridized carbons (Fsp3) is 0.231. The molecular weight excluding hydrogens is 294 g/mol. The molecule has 0 unspecified atom stereocenters. The number of benzene rings is 1. The Kier molecular flexibility index (Phi) is 2.35. The van der Waals surface area contributed by atoms with E-state index in [-0.39, 0.29) is 5.56 Å². The molecule has 4 nitrogen and oxygen atoms in total. The summed E-state index contributed by atoms with van der Waals surface area (Å²) in [6.07, 6.45) is 1.78. The molecule has 5 heteroatoms. The van der Waals surface area contributed by atoms with Crippen LogP contribution in [0, 0.1) is 13.8 Å². The molecule has 0 N–H and O–H groups in total. The molecule has 0 fully saturated rings. The maximum Gasteiger partial charge on any atom is 0.261 e. The Morgan fingerprint density at radius 1 is 1.28 bits per heavy atom. The minimum absolute atomic E-state index is 0.00509. The Hall–Kier alpha value is -1.62. The topological polar surface area (TPSA) is 39.3 Å². The third-order valence-electron chi connectivity index (χ3n) is 3.19. The number of hydrogen-bond donors (Lipinski definition) is 0. The summed E-state index contributed by atoms with van der Waals surface area (Å²) in [5.74, 6) is 0. The van der Waals surface area contributed by atoms with Crippen molar-refractivity contribution in [2.45, 2.75) is 13.8 Å². The molecule has 0 aliphatic carbocycles. The van der Waals surface area contributed by atoms with Gasteiger partial charge in [0, 0.05) is 17.1 Å². The lowest BCUT2D eigenvalue weighted by Crippen LogP contribution is -2.20. The van der Waals surface area contributed by atoms with Crippen LogP contribution in [0.1, 0.15) is 11.1 Å². The number of aromatic nitrogens is 3. The summed E-state index contributed by atoms with van der Waals surface area (Å²) in [5, 5.41) is 5.05. The van der Waals surface area contributed by atoms with E-state index in [9.17, 15) is 4.79 Å². The van der Waals surface area contributed by atoms with Gasteiger partial charge in [-0.1, -0.05) is 0 Å². The smallest absolute Gasteiger partial charge is 0.261 e. The number of nitrogens with zero attached hydrogens (tertiary/aromatic N) is 3. The first kappa shape index (κ1) is 11.5.